The molecule has 27 heavy (non-hydrogen) atoms. The normalized spacial score (nSPS) is 45.3. The molecule has 0 aromatic heterocycles. The first kappa shape index (κ1) is 18.0. The number of hydrogen-bond acceptors (Lipinski definition) is 0. The summed E-state index contributed by atoms with van der Waals surface area (Å²) in [6.45, 7) is 4.92. The Hall–Kier alpha value is -1.04. The lowest BCUT2D eigenvalue weighted by Gasteiger charge is -2.49. The highest BCUT2D eigenvalue weighted by atomic mass is 14.6. The molecule has 0 radical (unpaired) electrons. The van der Waals surface area contributed by atoms with Gasteiger partial charge < -0.3 is 0 Å². The Bertz CT molecular complexity index is 658. The largest absolute Gasteiger partial charge is 0.0882 e. The molecule has 3 saturated carbocycles. The van der Waals surface area contributed by atoms with Crippen LogP contribution in [0.4, 0.5) is 0 Å². The first-order valence-electron chi connectivity index (χ1n) is 12.0. The number of rotatable bonds is 4. The van der Waals surface area contributed by atoms with Gasteiger partial charge in [-0.25, -0.2) is 0 Å². The van der Waals surface area contributed by atoms with Crippen LogP contribution in [0.3, 0.4) is 0 Å². The van der Waals surface area contributed by atoms with E-state index in [-0.39, 0.29) is 0 Å². The van der Waals surface area contributed by atoms with E-state index < -0.39 is 0 Å². The van der Waals surface area contributed by atoms with Crippen LogP contribution in [-0.4, -0.2) is 0 Å². The van der Waals surface area contributed by atoms with Gasteiger partial charge in [-0.05, 0) is 90.9 Å². The molecule has 3 fully saturated rings. The monoisotopic (exact) mass is 362 g/mol. The minimum Gasteiger partial charge on any atom is -0.0882 e. The van der Waals surface area contributed by atoms with Gasteiger partial charge in [0, 0.05) is 0 Å². The summed E-state index contributed by atoms with van der Waals surface area (Å²) in [5.74, 6) is 8.78. The molecule has 0 bridgehead atoms. The van der Waals surface area contributed by atoms with E-state index in [1.165, 1.54) is 44.9 Å². The Morgan fingerprint density at radius 3 is 2.52 bits per heavy atom. The van der Waals surface area contributed by atoms with Crippen LogP contribution in [0, 0.1) is 47.3 Å². The Balaban J connectivity index is 1.52. The standard InChI is InChI=1S/C27H38/c1-3-10-19-15-20(18-11-6-5-7-12-18)16-26-21(4-2)24-17-25(24)22-13-8-9-14-23(22)27(19)26/h5-7,9,11-12,14,19-27H,3-4,8,10,13,15-17H2,1-2H3/t19?,20?,21-,22?,23?,24?,25?,26?,27?/m0/s1. The summed E-state index contributed by atoms with van der Waals surface area (Å²) in [7, 11) is 0. The number of benzene rings is 1. The average Bonchev–Trinajstić information content (AvgIpc) is 3.50. The summed E-state index contributed by atoms with van der Waals surface area (Å²) in [5.41, 5.74) is 1.62. The van der Waals surface area contributed by atoms with E-state index in [9.17, 15) is 0 Å². The molecule has 1 aromatic carbocycles. The predicted octanol–water partition coefficient (Wildman–Crippen LogP) is 7.47. The van der Waals surface area contributed by atoms with Crippen LogP contribution in [-0.2, 0) is 0 Å². The van der Waals surface area contributed by atoms with Gasteiger partial charge in [0.1, 0.15) is 0 Å². The van der Waals surface area contributed by atoms with Gasteiger partial charge in [-0.3, -0.25) is 0 Å². The van der Waals surface area contributed by atoms with Crippen molar-refractivity contribution >= 4 is 0 Å². The Kier molecular flexibility index (Phi) is 4.95. The molecule has 0 heterocycles. The molecule has 0 heteroatoms. The van der Waals surface area contributed by atoms with Crippen molar-refractivity contribution < 1.29 is 0 Å². The zero-order valence-corrected chi connectivity index (χ0v) is 17.4. The number of fused-ring (bicyclic) bond motifs is 5. The van der Waals surface area contributed by atoms with Gasteiger partial charge in [0.2, 0.25) is 0 Å². The lowest BCUT2D eigenvalue weighted by atomic mass is 9.56. The molecule has 4 aliphatic carbocycles. The second-order valence-electron chi connectivity index (χ2n) is 10.3. The predicted molar refractivity (Wildman–Crippen MR) is 115 cm³/mol. The molecule has 8 unspecified atom stereocenters. The minimum absolute atomic E-state index is 0.805. The second kappa shape index (κ2) is 7.41. The van der Waals surface area contributed by atoms with Gasteiger partial charge >= 0.3 is 0 Å². The molecule has 0 aliphatic heterocycles. The third-order valence-corrected chi connectivity index (χ3v) is 9.09. The van der Waals surface area contributed by atoms with Crippen LogP contribution in [0.2, 0.25) is 0 Å². The van der Waals surface area contributed by atoms with Crippen LogP contribution < -0.4 is 0 Å². The number of allylic oxidation sites excluding steroid dienone is 2. The molecule has 5 rings (SSSR count). The fourth-order valence-electron chi connectivity index (χ4n) is 8.13. The summed E-state index contributed by atoms with van der Waals surface area (Å²) < 4.78 is 0. The van der Waals surface area contributed by atoms with E-state index in [1.807, 2.05) is 0 Å². The van der Waals surface area contributed by atoms with Crippen LogP contribution in [0.25, 0.3) is 0 Å². The van der Waals surface area contributed by atoms with Crippen LogP contribution in [0.5, 0.6) is 0 Å². The fraction of sp³-hybridized carbons (Fsp3) is 0.704. The lowest BCUT2D eigenvalue weighted by molar-refractivity contribution is 0.0341. The van der Waals surface area contributed by atoms with Crippen molar-refractivity contribution in [3.8, 4) is 0 Å². The summed E-state index contributed by atoms with van der Waals surface area (Å²) >= 11 is 0. The fourth-order valence-corrected chi connectivity index (χ4v) is 8.13. The van der Waals surface area contributed by atoms with Gasteiger partial charge in [-0.2, -0.15) is 0 Å². The Morgan fingerprint density at radius 2 is 1.74 bits per heavy atom. The highest BCUT2D eigenvalue weighted by Gasteiger charge is 2.58. The first-order valence-corrected chi connectivity index (χ1v) is 12.0. The van der Waals surface area contributed by atoms with E-state index >= 15 is 0 Å². The van der Waals surface area contributed by atoms with E-state index in [1.54, 1.807) is 12.0 Å². The van der Waals surface area contributed by atoms with Crippen LogP contribution in [0.15, 0.2) is 42.5 Å². The van der Waals surface area contributed by atoms with Crippen molar-refractivity contribution in [2.75, 3.05) is 0 Å². The molecule has 0 N–H and O–H groups in total. The maximum Gasteiger partial charge on any atom is -0.0156 e. The summed E-state index contributed by atoms with van der Waals surface area (Å²) in [4.78, 5) is 0. The van der Waals surface area contributed by atoms with Crippen molar-refractivity contribution in [1.29, 1.82) is 0 Å². The van der Waals surface area contributed by atoms with Gasteiger partial charge in [0.05, 0.1) is 0 Å². The maximum atomic E-state index is 2.71. The molecule has 0 nitrogen and oxygen atoms in total. The summed E-state index contributed by atoms with van der Waals surface area (Å²) in [5, 5.41) is 0. The minimum atomic E-state index is 0.805. The van der Waals surface area contributed by atoms with Gasteiger partial charge in [-0.15, -0.1) is 0 Å². The highest BCUT2D eigenvalue weighted by molar-refractivity contribution is 5.22. The highest BCUT2D eigenvalue weighted by Crippen LogP contribution is 2.66. The quantitative estimate of drug-likeness (QED) is 0.487. The zero-order valence-electron chi connectivity index (χ0n) is 17.4. The molecule has 0 spiro atoms. The molecular formula is C27H38. The molecular weight excluding hydrogens is 324 g/mol. The zero-order chi connectivity index (χ0) is 18.4. The maximum absolute atomic E-state index is 2.71. The molecule has 0 saturated heterocycles. The van der Waals surface area contributed by atoms with Gasteiger partial charge in [0.15, 0.2) is 0 Å². The third-order valence-electron chi connectivity index (χ3n) is 9.09. The molecule has 9 atom stereocenters. The van der Waals surface area contributed by atoms with Crippen molar-refractivity contribution in [1.82, 2.24) is 0 Å². The molecule has 4 aliphatic rings. The Morgan fingerprint density at radius 1 is 0.889 bits per heavy atom. The van der Waals surface area contributed by atoms with E-state index in [0.717, 1.165) is 53.3 Å². The van der Waals surface area contributed by atoms with Crippen LogP contribution in [0.1, 0.15) is 76.7 Å². The third kappa shape index (κ3) is 3.12. The smallest absolute Gasteiger partial charge is 0.0156 e. The summed E-state index contributed by atoms with van der Waals surface area (Å²) in [6.07, 6.45) is 16.8. The van der Waals surface area contributed by atoms with Crippen LogP contribution >= 0.6 is 0 Å². The van der Waals surface area contributed by atoms with E-state index in [0.29, 0.717) is 0 Å². The SMILES string of the molecule is CCCC1CC(c2ccccc2)CC2C1C1C=CCCC1C1CC1[C@@H]2CC. The first-order chi connectivity index (χ1) is 13.3. The van der Waals surface area contributed by atoms with Gasteiger partial charge in [-0.1, -0.05) is 75.6 Å². The topological polar surface area (TPSA) is 0 Å². The van der Waals surface area contributed by atoms with Crippen molar-refractivity contribution in [3.63, 3.8) is 0 Å². The van der Waals surface area contributed by atoms with Crippen molar-refractivity contribution in [2.45, 2.75) is 71.1 Å². The Labute approximate surface area is 166 Å². The second-order valence-corrected chi connectivity index (χ2v) is 10.3. The molecule has 146 valence electrons. The number of hydrogen-bond donors (Lipinski definition) is 0. The van der Waals surface area contributed by atoms with E-state index in [4.69, 9.17) is 0 Å². The lowest BCUT2D eigenvalue weighted by Crippen LogP contribution is -2.41. The van der Waals surface area contributed by atoms with Gasteiger partial charge in [0.25, 0.3) is 0 Å². The molecule has 0 amide bonds. The average molecular weight is 363 g/mol. The van der Waals surface area contributed by atoms with E-state index in [2.05, 4.69) is 56.3 Å². The van der Waals surface area contributed by atoms with Crippen molar-refractivity contribution in [3.05, 3.63) is 48.0 Å². The summed E-state index contributed by atoms with van der Waals surface area (Å²) in [6, 6.07) is 11.5. The molecule has 1 aromatic rings. The van der Waals surface area contributed by atoms with Crippen molar-refractivity contribution in [2.24, 2.45) is 47.3 Å².